The smallest absolute Gasteiger partial charge is 0.166 e. The predicted octanol–water partition coefficient (Wildman–Crippen LogP) is 5.59. The Bertz CT molecular complexity index is 557. The zero-order valence-electron chi connectivity index (χ0n) is 11.1. The van der Waals surface area contributed by atoms with Crippen LogP contribution in [0.15, 0.2) is 52.3 Å². The maximum Gasteiger partial charge on any atom is 0.417 e. The predicted molar refractivity (Wildman–Crippen MR) is 81.9 cm³/mol. The van der Waals surface area contributed by atoms with E-state index in [1.54, 1.807) is 0 Å². The molecule has 0 aromatic heterocycles. The van der Waals surface area contributed by atoms with Gasteiger partial charge in [0.05, 0.1) is 5.56 Å². The van der Waals surface area contributed by atoms with Crippen molar-refractivity contribution >= 4 is 25.3 Å². The topological polar surface area (TPSA) is 0 Å². The zero-order valence-corrected chi connectivity index (χ0v) is 12.9. The van der Waals surface area contributed by atoms with Gasteiger partial charge < -0.3 is 0 Å². The first-order chi connectivity index (χ1) is 9.23. The molecule has 0 heterocycles. The zero-order chi connectivity index (χ0) is 15.3. The number of hydrogen-bond acceptors (Lipinski definition) is 2. The van der Waals surface area contributed by atoms with E-state index in [-0.39, 0.29) is 4.90 Å². The van der Waals surface area contributed by atoms with Gasteiger partial charge in [0.15, 0.2) is 0 Å². The van der Waals surface area contributed by atoms with E-state index in [4.69, 9.17) is 0 Å². The van der Waals surface area contributed by atoms with E-state index in [0.717, 1.165) is 11.0 Å². The number of halogens is 3. The van der Waals surface area contributed by atoms with Crippen LogP contribution in [0.3, 0.4) is 0 Å². The summed E-state index contributed by atoms with van der Waals surface area (Å²) in [5.41, 5.74) is 1.90. The molecular weight excluding hydrogens is 301 g/mol. The Morgan fingerprint density at radius 3 is 1.75 bits per heavy atom. The molecule has 0 amide bonds. The van der Waals surface area contributed by atoms with E-state index in [1.165, 1.54) is 29.3 Å². The molecule has 0 radical (unpaired) electrons. The Balaban J connectivity index is 0.000000204. The lowest BCUT2D eigenvalue weighted by Crippen LogP contribution is -2.05. The van der Waals surface area contributed by atoms with Gasteiger partial charge in [-0.3, -0.25) is 0 Å². The van der Waals surface area contributed by atoms with Crippen molar-refractivity contribution in [2.24, 2.45) is 0 Å². The second kappa shape index (κ2) is 7.09. The molecule has 20 heavy (non-hydrogen) atoms. The fraction of sp³-hybridized carbons (Fsp3) is 0.200. The minimum absolute atomic E-state index is 0.0417. The van der Waals surface area contributed by atoms with E-state index < -0.39 is 11.7 Å². The first-order valence-corrected chi connectivity index (χ1v) is 6.73. The Kier molecular flexibility index (Phi) is 6.02. The number of thiol groups is 2. The number of benzene rings is 2. The molecule has 2 rings (SSSR count). The van der Waals surface area contributed by atoms with Crippen LogP contribution in [-0.4, -0.2) is 0 Å². The van der Waals surface area contributed by atoms with Crippen LogP contribution >= 0.6 is 25.3 Å². The van der Waals surface area contributed by atoms with Gasteiger partial charge in [-0.25, -0.2) is 0 Å². The van der Waals surface area contributed by atoms with Crippen molar-refractivity contribution in [1.82, 2.24) is 0 Å². The third-order valence-corrected chi connectivity index (χ3v) is 3.66. The van der Waals surface area contributed by atoms with Gasteiger partial charge in [-0.1, -0.05) is 24.3 Å². The van der Waals surface area contributed by atoms with Gasteiger partial charge in [0.2, 0.25) is 0 Å². The molecule has 0 aliphatic heterocycles. The Morgan fingerprint density at radius 1 is 0.800 bits per heavy atom. The minimum Gasteiger partial charge on any atom is -0.166 e. The Labute approximate surface area is 127 Å². The average molecular weight is 316 g/mol. The summed E-state index contributed by atoms with van der Waals surface area (Å²) in [7, 11) is 0. The van der Waals surface area contributed by atoms with Crippen LogP contribution in [0.5, 0.6) is 0 Å². The van der Waals surface area contributed by atoms with Crippen molar-refractivity contribution < 1.29 is 13.2 Å². The molecule has 0 aliphatic carbocycles. The Hall–Kier alpha value is -1.07. The third-order valence-electron chi connectivity index (χ3n) is 2.79. The molecule has 0 unspecified atom stereocenters. The molecule has 0 N–H and O–H groups in total. The highest BCUT2D eigenvalue weighted by Crippen LogP contribution is 2.33. The standard InChI is InChI=1S/C8H10S.C7H5F3S/c1-6-4-3-5-8(9)7(6)2;8-7(9,10)5-3-1-2-4-6(5)11/h3-5,9H,1-2H3;1-4,11H. The highest BCUT2D eigenvalue weighted by Gasteiger charge is 2.31. The minimum atomic E-state index is -4.29. The summed E-state index contributed by atoms with van der Waals surface area (Å²) in [5.74, 6) is 0. The van der Waals surface area contributed by atoms with E-state index >= 15 is 0 Å². The summed E-state index contributed by atoms with van der Waals surface area (Å²) < 4.78 is 36.0. The van der Waals surface area contributed by atoms with Crippen LogP contribution in [0, 0.1) is 13.8 Å². The summed E-state index contributed by atoms with van der Waals surface area (Å²) in [6, 6.07) is 11.3. The molecule has 5 heteroatoms. The van der Waals surface area contributed by atoms with E-state index in [9.17, 15) is 13.2 Å². The van der Waals surface area contributed by atoms with Crippen molar-refractivity contribution in [3.8, 4) is 0 Å². The van der Waals surface area contributed by atoms with Crippen LogP contribution in [-0.2, 0) is 6.18 Å². The summed E-state index contributed by atoms with van der Waals surface area (Å²) in [6.07, 6.45) is -4.29. The SMILES string of the molecule is Cc1cccc(S)c1C.FC(F)(F)c1ccccc1S. The van der Waals surface area contributed by atoms with Crippen LogP contribution in [0.25, 0.3) is 0 Å². The molecule has 2 aromatic rings. The molecule has 108 valence electrons. The highest BCUT2D eigenvalue weighted by atomic mass is 32.1. The molecule has 0 aliphatic rings. The average Bonchev–Trinajstić information content (AvgIpc) is 2.36. The number of rotatable bonds is 0. The normalized spacial score (nSPS) is 10.8. The number of aryl methyl sites for hydroxylation is 1. The maximum atomic E-state index is 12.0. The molecule has 0 saturated carbocycles. The molecule has 0 nitrogen and oxygen atoms in total. The first kappa shape index (κ1) is 17.0. The summed E-state index contributed by atoms with van der Waals surface area (Å²) in [5, 5.41) is 0. The number of alkyl halides is 3. The summed E-state index contributed by atoms with van der Waals surface area (Å²) in [4.78, 5) is 1.04. The maximum absolute atomic E-state index is 12.0. The largest absolute Gasteiger partial charge is 0.417 e. The molecule has 0 atom stereocenters. The lowest BCUT2D eigenvalue weighted by atomic mass is 10.1. The number of hydrogen-bond donors (Lipinski definition) is 2. The van der Waals surface area contributed by atoms with Crippen molar-refractivity contribution in [3.63, 3.8) is 0 Å². The van der Waals surface area contributed by atoms with Gasteiger partial charge in [0.1, 0.15) is 0 Å². The van der Waals surface area contributed by atoms with Gasteiger partial charge >= 0.3 is 6.18 Å². The summed E-state index contributed by atoms with van der Waals surface area (Å²) >= 11 is 7.94. The van der Waals surface area contributed by atoms with Gasteiger partial charge in [-0.05, 0) is 43.2 Å². The van der Waals surface area contributed by atoms with Crippen molar-refractivity contribution in [3.05, 3.63) is 59.2 Å². The quantitative estimate of drug-likeness (QED) is 0.582. The third kappa shape index (κ3) is 4.80. The second-order valence-electron chi connectivity index (χ2n) is 4.23. The van der Waals surface area contributed by atoms with E-state index in [0.29, 0.717) is 0 Å². The van der Waals surface area contributed by atoms with Crippen molar-refractivity contribution in [1.29, 1.82) is 0 Å². The van der Waals surface area contributed by atoms with Gasteiger partial charge in [0, 0.05) is 9.79 Å². The summed E-state index contributed by atoms with van der Waals surface area (Å²) in [6.45, 7) is 4.17. The van der Waals surface area contributed by atoms with Gasteiger partial charge in [-0.15, -0.1) is 25.3 Å². The van der Waals surface area contributed by atoms with Crippen LogP contribution in [0.2, 0.25) is 0 Å². The molecular formula is C15H15F3S2. The Morgan fingerprint density at radius 2 is 1.35 bits per heavy atom. The van der Waals surface area contributed by atoms with Crippen LogP contribution in [0.4, 0.5) is 13.2 Å². The lowest BCUT2D eigenvalue weighted by Gasteiger charge is -2.07. The van der Waals surface area contributed by atoms with Crippen LogP contribution in [0.1, 0.15) is 16.7 Å². The fourth-order valence-electron chi connectivity index (χ4n) is 1.45. The molecule has 0 fully saturated rings. The first-order valence-electron chi connectivity index (χ1n) is 5.84. The van der Waals surface area contributed by atoms with E-state index in [1.807, 2.05) is 12.1 Å². The molecule has 0 bridgehead atoms. The molecule has 0 saturated heterocycles. The van der Waals surface area contributed by atoms with Gasteiger partial charge in [0.25, 0.3) is 0 Å². The monoisotopic (exact) mass is 316 g/mol. The van der Waals surface area contributed by atoms with Gasteiger partial charge in [-0.2, -0.15) is 13.2 Å². The highest BCUT2D eigenvalue weighted by molar-refractivity contribution is 7.80. The second-order valence-corrected chi connectivity index (χ2v) is 5.20. The van der Waals surface area contributed by atoms with Crippen molar-refractivity contribution in [2.75, 3.05) is 0 Å². The lowest BCUT2D eigenvalue weighted by molar-refractivity contribution is -0.139. The molecule has 0 spiro atoms. The molecule has 2 aromatic carbocycles. The van der Waals surface area contributed by atoms with Crippen LogP contribution < -0.4 is 0 Å². The van der Waals surface area contributed by atoms with Crippen molar-refractivity contribution in [2.45, 2.75) is 29.8 Å². The van der Waals surface area contributed by atoms with E-state index in [2.05, 4.69) is 45.2 Å². The fourth-order valence-corrected chi connectivity index (χ4v) is 2.00.